The number of para-hydroxylation sites is 1. The number of fused-ring (bicyclic) bond motifs is 2. The molecular weight excluding hydrogens is 471 g/mol. The number of ketones is 1. The van der Waals surface area contributed by atoms with Crippen molar-refractivity contribution in [3.8, 4) is 11.5 Å². The Balaban J connectivity index is 1.59. The molecule has 8 heteroatoms. The van der Waals surface area contributed by atoms with Crippen molar-refractivity contribution in [2.75, 3.05) is 5.32 Å². The normalized spacial score (nSPS) is 17.2. The molecule has 0 bridgehead atoms. The summed E-state index contributed by atoms with van der Waals surface area (Å²) in [6, 6.07) is 15.5. The molecule has 5 rings (SSSR count). The lowest BCUT2D eigenvalue weighted by atomic mass is 9.74. The van der Waals surface area contributed by atoms with E-state index in [0.717, 1.165) is 19.3 Å². The van der Waals surface area contributed by atoms with Crippen molar-refractivity contribution in [1.82, 2.24) is 5.32 Å². The molecule has 1 fully saturated rings. The minimum absolute atomic E-state index is 0.0609. The van der Waals surface area contributed by atoms with E-state index in [1.807, 2.05) is 0 Å². The first-order chi connectivity index (χ1) is 16.9. The van der Waals surface area contributed by atoms with E-state index in [-0.39, 0.29) is 27.8 Å². The van der Waals surface area contributed by atoms with Gasteiger partial charge in [-0.05, 0) is 42.7 Å². The quantitative estimate of drug-likeness (QED) is 0.354. The number of urea groups is 1. The molecule has 0 radical (unpaired) electrons. The first-order valence-corrected chi connectivity index (χ1v) is 11.9. The number of aliphatic hydroxyl groups is 1. The number of hydrogen-bond acceptors (Lipinski definition) is 4. The van der Waals surface area contributed by atoms with Gasteiger partial charge in [-0.2, -0.15) is 0 Å². The number of ether oxygens (including phenoxy) is 1. The van der Waals surface area contributed by atoms with Crippen molar-refractivity contribution < 1.29 is 23.8 Å². The van der Waals surface area contributed by atoms with Gasteiger partial charge in [0.2, 0.25) is 0 Å². The number of carbonyl (C=O) groups excluding carboxylic acids is 2. The van der Waals surface area contributed by atoms with Gasteiger partial charge in [-0.25, -0.2) is 9.18 Å². The summed E-state index contributed by atoms with van der Waals surface area (Å²) < 4.78 is 21.1. The van der Waals surface area contributed by atoms with Crippen LogP contribution in [0.4, 0.5) is 14.9 Å². The number of benzene rings is 3. The van der Waals surface area contributed by atoms with Crippen molar-refractivity contribution in [2.45, 2.75) is 43.7 Å². The summed E-state index contributed by atoms with van der Waals surface area (Å²) in [6.07, 6.45) is 2.61. The van der Waals surface area contributed by atoms with E-state index >= 15 is 0 Å². The van der Waals surface area contributed by atoms with Gasteiger partial charge in [-0.3, -0.25) is 4.79 Å². The van der Waals surface area contributed by atoms with Gasteiger partial charge in [0.05, 0.1) is 21.8 Å². The second-order valence-electron chi connectivity index (χ2n) is 8.91. The molecule has 1 unspecified atom stereocenters. The Kier molecular flexibility index (Phi) is 6.21. The third kappa shape index (κ3) is 4.26. The van der Waals surface area contributed by atoms with Crippen LogP contribution in [0.15, 0.2) is 60.7 Å². The fourth-order valence-electron chi connectivity index (χ4n) is 5.05. The number of carbonyl (C=O) groups is 2. The number of Topliss-reactive ketones (excluding diaryl/α,β-unsaturated/α-hetero) is 1. The van der Waals surface area contributed by atoms with Gasteiger partial charge in [-0.1, -0.05) is 67.3 Å². The van der Waals surface area contributed by atoms with Gasteiger partial charge in [0.1, 0.15) is 17.7 Å². The maximum atomic E-state index is 14.9. The molecule has 1 heterocycles. The largest absolute Gasteiger partial charge is 0.455 e. The molecule has 1 spiro atoms. The lowest BCUT2D eigenvalue weighted by Crippen LogP contribution is -2.53. The molecule has 1 aliphatic heterocycles. The average Bonchev–Trinajstić information content (AvgIpc) is 2.87. The van der Waals surface area contributed by atoms with Crippen LogP contribution in [0.25, 0.3) is 0 Å². The molecule has 2 aliphatic rings. The smallest absolute Gasteiger partial charge is 0.320 e. The van der Waals surface area contributed by atoms with Crippen molar-refractivity contribution in [1.29, 1.82) is 0 Å². The zero-order valence-electron chi connectivity index (χ0n) is 18.8. The highest BCUT2D eigenvalue weighted by atomic mass is 35.5. The van der Waals surface area contributed by atoms with E-state index < -0.39 is 29.3 Å². The topological polar surface area (TPSA) is 87.7 Å². The Labute approximate surface area is 207 Å². The number of rotatable bonds is 5. The third-order valence-electron chi connectivity index (χ3n) is 6.70. The summed E-state index contributed by atoms with van der Waals surface area (Å²) in [7, 11) is 0. The molecule has 3 aromatic rings. The van der Waals surface area contributed by atoms with Crippen LogP contribution in [-0.4, -0.2) is 16.9 Å². The monoisotopic (exact) mass is 494 g/mol. The van der Waals surface area contributed by atoms with Gasteiger partial charge in [-0.15, -0.1) is 0 Å². The fraction of sp³-hybridized carbons (Fsp3) is 0.259. The molecule has 0 aromatic heterocycles. The average molecular weight is 495 g/mol. The van der Waals surface area contributed by atoms with Gasteiger partial charge >= 0.3 is 6.03 Å². The first-order valence-electron chi connectivity index (χ1n) is 11.6. The van der Waals surface area contributed by atoms with Crippen LogP contribution in [0.2, 0.25) is 5.02 Å². The number of nitrogens with one attached hydrogen (secondary N) is 2. The summed E-state index contributed by atoms with van der Waals surface area (Å²) in [5, 5.41) is 16.5. The zero-order chi connectivity index (χ0) is 24.6. The molecule has 2 amide bonds. The molecule has 0 saturated heterocycles. The molecule has 1 saturated carbocycles. The van der Waals surface area contributed by atoms with E-state index in [1.165, 1.54) is 18.2 Å². The van der Waals surface area contributed by atoms with Crippen LogP contribution >= 0.6 is 11.6 Å². The number of anilines is 1. The maximum absolute atomic E-state index is 14.9. The molecule has 180 valence electrons. The molecule has 6 nitrogen and oxygen atoms in total. The van der Waals surface area contributed by atoms with E-state index in [0.29, 0.717) is 24.0 Å². The van der Waals surface area contributed by atoms with E-state index in [4.69, 9.17) is 16.3 Å². The van der Waals surface area contributed by atoms with Gasteiger partial charge in [0.15, 0.2) is 11.5 Å². The Morgan fingerprint density at radius 2 is 1.77 bits per heavy atom. The molecule has 1 atom stereocenters. The Morgan fingerprint density at radius 1 is 1.03 bits per heavy atom. The number of halogens is 2. The minimum atomic E-state index is -1.41. The van der Waals surface area contributed by atoms with E-state index in [2.05, 4.69) is 10.6 Å². The highest BCUT2D eigenvalue weighted by Gasteiger charge is 2.44. The maximum Gasteiger partial charge on any atom is 0.320 e. The second kappa shape index (κ2) is 9.32. The number of amides is 2. The summed E-state index contributed by atoms with van der Waals surface area (Å²) >= 11 is 6.47. The van der Waals surface area contributed by atoms with Crippen LogP contribution in [-0.2, 0) is 5.54 Å². The Hall–Kier alpha value is -3.42. The second-order valence-corrected chi connectivity index (χ2v) is 9.32. The SMILES string of the molecule is O=C1Nc2c(F)ccc(Oc3c(Cl)cccc3C(=O)C(O)c3ccccc3)c2C2(CCCCC2)N1. The van der Waals surface area contributed by atoms with Gasteiger partial charge < -0.3 is 20.5 Å². The molecule has 3 N–H and O–H groups in total. The van der Waals surface area contributed by atoms with E-state index in [1.54, 1.807) is 42.5 Å². The molecule has 35 heavy (non-hydrogen) atoms. The predicted octanol–water partition coefficient (Wildman–Crippen LogP) is 6.48. The Bertz CT molecular complexity index is 1290. The minimum Gasteiger partial charge on any atom is -0.455 e. The molecular formula is C27H24ClFN2O4. The molecule has 1 aliphatic carbocycles. The van der Waals surface area contributed by atoms with Crippen molar-refractivity contribution in [2.24, 2.45) is 0 Å². The number of aliphatic hydroxyl groups excluding tert-OH is 1. The lowest BCUT2D eigenvalue weighted by Gasteiger charge is -2.43. The summed E-state index contributed by atoms with van der Waals surface area (Å²) in [5.74, 6) is -0.802. The van der Waals surface area contributed by atoms with Crippen molar-refractivity contribution in [3.63, 3.8) is 0 Å². The zero-order valence-corrected chi connectivity index (χ0v) is 19.6. The summed E-state index contributed by atoms with van der Waals surface area (Å²) in [6.45, 7) is 0. The van der Waals surface area contributed by atoms with Crippen LogP contribution < -0.4 is 15.4 Å². The predicted molar refractivity (Wildman–Crippen MR) is 131 cm³/mol. The fourth-order valence-corrected chi connectivity index (χ4v) is 5.26. The highest BCUT2D eigenvalue weighted by Crippen LogP contribution is 2.49. The number of hydrogen-bond donors (Lipinski definition) is 3. The standard InChI is InChI=1S/C27H24ClFN2O4/c28-18-11-7-10-17(24(33)23(32)16-8-3-1-4-9-16)25(18)35-20-13-12-19(29)22-21(20)27(31-26(34)30-22)14-5-2-6-15-27/h1,3-4,7-13,23,32H,2,5-6,14-15H2,(H2,30,31,34). The van der Waals surface area contributed by atoms with Crippen molar-refractivity contribution >= 4 is 29.1 Å². The van der Waals surface area contributed by atoms with Crippen LogP contribution in [0.3, 0.4) is 0 Å². The summed E-state index contributed by atoms with van der Waals surface area (Å²) in [4.78, 5) is 25.7. The van der Waals surface area contributed by atoms with Gasteiger partial charge in [0.25, 0.3) is 0 Å². The third-order valence-corrected chi connectivity index (χ3v) is 7.00. The van der Waals surface area contributed by atoms with E-state index in [9.17, 15) is 19.1 Å². The van der Waals surface area contributed by atoms with Gasteiger partial charge in [0, 0.05) is 5.56 Å². The first kappa shape index (κ1) is 23.3. The molecule has 3 aromatic carbocycles. The highest BCUT2D eigenvalue weighted by molar-refractivity contribution is 6.32. The van der Waals surface area contributed by atoms with Crippen molar-refractivity contribution in [3.05, 3.63) is 88.2 Å². The van der Waals surface area contributed by atoms with Crippen LogP contribution in [0, 0.1) is 5.82 Å². The summed E-state index contributed by atoms with van der Waals surface area (Å²) in [5.41, 5.74) is 0.312. The lowest BCUT2D eigenvalue weighted by molar-refractivity contribution is 0.0745. The van der Waals surface area contributed by atoms with Crippen LogP contribution in [0.5, 0.6) is 11.5 Å². The van der Waals surface area contributed by atoms with Crippen LogP contribution in [0.1, 0.15) is 59.7 Å². The Morgan fingerprint density at radius 3 is 2.51 bits per heavy atom.